The highest BCUT2D eigenvalue weighted by Crippen LogP contribution is 2.21. The normalized spacial score (nSPS) is 17.3. The minimum absolute atomic E-state index is 0.447. The van der Waals surface area contributed by atoms with Crippen molar-refractivity contribution in [1.29, 1.82) is 5.26 Å². The number of nitrogens with one attached hydrogen (secondary N) is 1. The Labute approximate surface area is 136 Å². The molecule has 1 aliphatic heterocycles. The summed E-state index contributed by atoms with van der Waals surface area (Å²) in [5, 5.41) is 17.0. The molecule has 0 amide bonds. The Morgan fingerprint density at radius 3 is 3.04 bits per heavy atom. The van der Waals surface area contributed by atoms with Crippen LogP contribution in [0, 0.1) is 11.3 Å². The molecule has 1 aliphatic rings. The van der Waals surface area contributed by atoms with Crippen molar-refractivity contribution in [1.82, 2.24) is 15.1 Å². The molecule has 0 aliphatic carbocycles. The molecule has 2 aromatic rings. The van der Waals surface area contributed by atoms with Crippen LogP contribution in [-0.4, -0.2) is 36.0 Å². The molecule has 6 heteroatoms. The summed E-state index contributed by atoms with van der Waals surface area (Å²) in [4.78, 5) is 2.35. The summed E-state index contributed by atoms with van der Waals surface area (Å²) in [5.74, 6) is 0.625. The highest BCUT2D eigenvalue weighted by atomic mass is 16.5. The molecule has 1 aromatic heterocycles. The summed E-state index contributed by atoms with van der Waals surface area (Å²) >= 11 is 0. The Morgan fingerprint density at radius 1 is 1.48 bits per heavy atom. The van der Waals surface area contributed by atoms with Crippen molar-refractivity contribution < 1.29 is 4.74 Å². The molecule has 1 aromatic carbocycles. The summed E-state index contributed by atoms with van der Waals surface area (Å²) in [6.45, 7) is 2.77. The molecule has 1 N–H and O–H groups in total. The van der Waals surface area contributed by atoms with Crippen LogP contribution < -0.4 is 15.0 Å². The number of methoxy groups -OCH3 is 1. The number of nitrogens with zero attached hydrogens (tertiary/aromatic N) is 4. The summed E-state index contributed by atoms with van der Waals surface area (Å²) in [6.07, 6.45) is 5.06. The maximum absolute atomic E-state index is 9.15. The van der Waals surface area contributed by atoms with Gasteiger partial charge >= 0.3 is 0 Å². The zero-order valence-corrected chi connectivity index (χ0v) is 13.5. The third kappa shape index (κ3) is 3.46. The first-order chi connectivity index (χ1) is 11.2. The lowest BCUT2D eigenvalue weighted by atomic mass is 10.1. The van der Waals surface area contributed by atoms with Crippen LogP contribution in [0.4, 0.5) is 5.69 Å². The van der Waals surface area contributed by atoms with Crippen LogP contribution in [0.25, 0.3) is 0 Å². The molecule has 1 saturated heterocycles. The molecule has 6 nitrogen and oxygen atoms in total. The Bertz CT molecular complexity index is 718. The van der Waals surface area contributed by atoms with E-state index in [1.165, 1.54) is 5.69 Å². The van der Waals surface area contributed by atoms with Crippen molar-refractivity contribution in [3.8, 4) is 11.8 Å². The lowest BCUT2D eigenvalue weighted by Gasteiger charge is -2.17. The number of hydrogen-bond acceptors (Lipinski definition) is 5. The minimum Gasteiger partial charge on any atom is -0.495 e. The van der Waals surface area contributed by atoms with Gasteiger partial charge in [-0.3, -0.25) is 4.68 Å². The Kier molecular flexibility index (Phi) is 4.49. The van der Waals surface area contributed by atoms with Crippen LogP contribution >= 0.6 is 0 Å². The highest BCUT2D eigenvalue weighted by Gasteiger charge is 2.23. The largest absolute Gasteiger partial charge is 0.495 e. The fraction of sp³-hybridized carbons (Fsp3) is 0.412. The second kappa shape index (κ2) is 6.71. The smallest absolute Gasteiger partial charge is 0.136 e. The number of nitriles is 1. The van der Waals surface area contributed by atoms with Gasteiger partial charge in [-0.2, -0.15) is 10.4 Å². The van der Waals surface area contributed by atoms with Crippen LogP contribution in [-0.2, 0) is 13.6 Å². The number of ether oxygens (including phenoxy) is 1. The van der Waals surface area contributed by atoms with Gasteiger partial charge in [0.15, 0.2) is 0 Å². The topological polar surface area (TPSA) is 66.1 Å². The van der Waals surface area contributed by atoms with Crippen LogP contribution in [0.1, 0.15) is 17.5 Å². The molecule has 0 spiro atoms. The third-order valence-corrected chi connectivity index (χ3v) is 4.22. The van der Waals surface area contributed by atoms with E-state index in [1.807, 2.05) is 42.3 Å². The van der Waals surface area contributed by atoms with Crippen molar-refractivity contribution in [2.75, 3.05) is 25.1 Å². The van der Waals surface area contributed by atoms with Crippen LogP contribution in [0.5, 0.6) is 5.75 Å². The second-order valence-corrected chi connectivity index (χ2v) is 5.83. The summed E-state index contributed by atoms with van der Waals surface area (Å²) < 4.78 is 7.01. The van der Waals surface area contributed by atoms with Crippen molar-refractivity contribution in [2.45, 2.75) is 19.0 Å². The fourth-order valence-corrected chi connectivity index (χ4v) is 2.95. The molecular formula is C17H21N5O. The van der Waals surface area contributed by atoms with Gasteiger partial charge in [0.1, 0.15) is 11.8 Å². The van der Waals surface area contributed by atoms with E-state index in [2.05, 4.69) is 21.4 Å². The summed E-state index contributed by atoms with van der Waals surface area (Å²) in [5.41, 5.74) is 2.85. The van der Waals surface area contributed by atoms with E-state index >= 15 is 0 Å². The molecule has 0 radical (unpaired) electrons. The summed E-state index contributed by atoms with van der Waals surface area (Å²) in [6, 6.07) is 8.36. The van der Waals surface area contributed by atoms with E-state index in [1.54, 1.807) is 7.11 Å². The lowest BCUT2D eigenvalue weighted by molar-refractivity contribution is 0.413. The van der Waals surface area contributed by atoms with Crippen LogP contribution in [0.3, 0.4) is 0 Å². The number of benzene rings is 1. The van der Waals surface area contributed by atoms with E-state index in [-0.39, 0.29) is 0 Å². The van der Waals surface area contributed by atoms with Crippen molar-refractivity contribution >= 4 is 5.69 Å². The van der Waals surface area contributed by atoms with Gasteiger partial charge in [-0.05, 0) is 24.1 Å². The first-order valence-electron chi connectivity index (χ1n) is 7.73. The Morgan fingerprint density at radius 2 is 2.35 bits per heavy atom. The monoisotopic (exact) mass is 311 g/mol. The van der Waals surface area contributed by atoms with Gasteiger partial charge in [0, 0.05) is 38.9 Å². The minimum atomic E-state index is 0.447. The van der Waals surface area contributed by atoms with E-state index in [9.17, 15) is 0 Å². The predicted molar refractivity (Wildman–Crippen MR) is 88.4 cm³/mol. The van der Waals surface area contributed by atoms with Crippen molar-refractivity contribution in [3.63, 3.8) is 0 Å². The second-order valence-electron chi connectivity index (χ2n) is 5.83. The molecular weight excluding hydrogens is 290 g/mol. The molecule has 1 fully saturated rings. The first kappa shape index (κ1) is 15.4. The van der Waals surface area contributed by atoms with Gasteiger partial charge in [-0.25, -0.2) is 0 Å². The maximum Gasteiger partial charge on any atom is 0.136 e. The molecule has 3 rings (SSSR count). The average molecular weight is 311 g/mol. The zero-order valence-electron chi connectivity index (χ0n) is 13.5. The van der Waals surface area contributed by atoms with Gasteiger partial charge in [0.05, 0.1) is 24.6 Å². The highest BCUT2D eigenvalue weighted by molar-refractivity contribution is 5.45. The van der Waals surface area contributed by atoms with Gasteiger partial charge < -0.3 is 15.0 Å². The SMILES string of the molecule is COc1ccc(CNC2CCN(c3cnn(C)c3)C2)cc1C#N. The maximum atomic E-state index is 9.15. The average Bonchev–Trinajstić information content (AvgIpc) is 3.21. The molecule has 0 saturated carbocycles. The number of aryl methyl sites for hydroxylation is 1. The Hall–Kier alpha value is -2.52. The summed E-state index contributed by atoms with van der Waals surface area (Å²) in [7, 11) is 3.52. The molecule has 120 valence electrons. The number of aromatic nitrogens is 2. The van der Waals surface area contributed by atoms with Crippen molar-refractivity contribution in [3.05, 3.63) is 41.7 Å². The van der Waals surface area contributed by atoms with Gasteiger partial charge in [-0.15, -0.1) is 0 Å². The standard InChI is InChI=1S/C17H21N5O/c1-21-12-16(10-20-21)22-6-5-15(11-22)19-9-13-3-4-17(23-2)14(7-13)8-18/h3-4,7,10,12,15,19H,5-6,9,11H2,1-2H3. The van der Waals surface area contributed by atoms with E-state index < -0.39 is 0 Å². The third-order valence-electron chi connectivity index (χ3n) is 4.22. The van der Waals surface area contributed by atoms with Gasteiger partial charge in [0.25, 0.3) is 0 Å². The van der Waals surface area contributed by atoms with E-state index in [4.69, 9.17) is 10.00 Å². The van der Waals surface area contributed by atoms with Gasteiger partial charge in [0.2, 0.25) is 0 Å². The first-order valence-corrected chi connectivity index (χ1v) is 7.73. The van der Waals surface area contributed by atoms with Crippen LogP contribution in [0.2, 0.25) is 0 Å². The Balaban J connectivity index is 1.56. The van der Waals surface area contributed by atoms with Gasteiger partial charge in [-0.1, -0.05) is 6.07 Å². The quantitative estimate of drug-likeness (QED) is 0.910. The van der Waals surface area contributed by atoms with Crippen LogP contribution in [0.15, 0.2) is 30.6 Å². The number of rotatable bonds is 5. The molecule has 23 heavy (non-hydrogen) atoms. The van der Waals surface area contributed by atoms with E-state index in [0.29, 0.717) is 17.4 Å². The molecule has 1 unspecified atom stereocenters. The van der Waals surface area contributed by atoms with Crippen molar-refractivity contribution in [2.24, 2.45) is 7.05 Å². The molecule has 1 atom stereocenters. The fourth-order valence-electron chi connectivity index (χ4n) is 2.95. The molecule has 0 bridgehead atoms. The number of hydrogen-bond donors (Lipinski definition) is 1. The molecule has 2 heterocycles. The zero-order chi connectivity index (χ0) is 16.2. The van der Waals surface area contributed by atoms with E-state index in [0.717, 1.165) is 31.6 Å². The predicted octanol–water partition coefficient (Wildman–Crippen LogP) is 1.67. The number of anilines is 1. The lowest BCUT2D eigenvalue weighted by Crippen LogP contribution is -2.32.